The summed E-state index contributed by atoms with van der Waals surface area (Å²) in [5.41, 5.74) is 0. The van der Waals surface area contributed by atoms with Crippen LogP contribution in [0.5, 0.6) is 0 Å². The number of hydrogen-bond donors (Lipinski definition) is 1. The molecule has 0 saturated carbocycles. The van der Waals surface area contributed by atoms with Crippen molar-refractivity contribution < 1.29 is 13.2 Å². The standard InChI is InChI=1S/C9H16N2O3S/c1-3-9(12)10-8-4-6-11(7-5-8)15(2,13)14/h3,8H,1,4-7H2,2H3,(H,10,12). The molecule has 0 aromatic heterocycles. The maximum atomic E-state index is 11.2. The summed E-state index contributed by atoms with van der Waals surface area (Å²) >= 11 is 0. The molecule has 1 N–H and O–H groups in total. The van der Waals surface area contributed by atoms with E-state index in [-0.39, 0.29) is 11.9 Å². The topological polar surface area (TPSA) is 66.5 Å². The van der Waals surface area contributed by atoms with E-state index in [0.29, 0.717) is 25.9 Å². The molecule has 1 aliphatic rings. The molecule has 0 radical (unpaired) electrons. The van der Waals surface area contributed by atoms with Crippen molar-refractivity contribution in [2.24, 2.45) is 0 Å². The molecule has 1 saturated heterocycles. The van der Waals surface area contributed by atoms with Crippen molar-refractivity contribution in [3.8, 4) is 0 Å². The van der Waals surface area contributed by atoms with Gasteiger partial charge in [-0.3, -0.25) is 4.79 Å². The molecule has 1 rings (SSSR count). The molecule has 5 nitrogen and oxygen atoms in total. The van der Waals surface area contributed by atoms with Crippen LogP contribution in [0.3, 0.4) is 0 Å². The van der Waals surface area contributed by atoms with Crippen LogP contribution in [-0.4, -0.2) is 44.0 Å². The summed E-state index contributed by atoms with van der Waals surface area (Å²) in [6.45, 7) is 4.31. The number of hydrogen-bond acceptors (Lipinski definition) is 3. The van der Waals surface area contributed by atoms with Gasteiger partial charge in [0.15, 0.2) is 0 Å². The zero-order chi connectivity index (χ0) is 11.5. The Balaban J connectivity index is 2.43. The van der Waals surface area contributed by atoms with Crippen molar-refractivity contribution in [3.63, 3.8) is 0 Å². The Morgan fingerprint density at radius 2 is 2.00 bits per heavy atom. The highest BCUT2D eigenvalue weighted by atomic mass is 32.2. The number of rotatable bonds is 3. The average molecular weight is 232 g/mol. The Morgan fingerprint density at radius 3 is 2.40 bits per heavy atom. The molecular weight excluding hydrogens is 216 g/mol. The van der Waals surface area contributed by atoms with Gasteiger partial charge in [-0.05, 0) is 18.9 Å². The SMILES string of the molecule is C=CC(=O)NC1CCN(S(C)(=O)=O)CC1. The first-order valence-electron chi connectivity index (χ1n) is 4.81. The first kappa shape index (κ1) is 12.2. The number of nitrogens with zero attached hydrogens (tertiary/aromatic N) is 1. The molecule has 1 aliphatic heterocycles. The van der Waals surface area contributed by atoms with Gasteiger partial charge in [0, 0.05) is 19.1 Å². The van der Waals surface area contributed by atoms with Crippen molar-refractivity contribution in [2.45, 2.75) is 18.9 Å². The number of nitrogens with one attached hydrogen (secondary N) is 1. The molecule has 0 aromatic rings. The molecule has 0 atom stereocenters. The van der Waals surface area contributed by atoms with Crippen molar-refractivity contribution in [1.29, 1.82) is 0 Å². The fourth-order valence-corrected chi connectivity index (χ4v) is 2.47. The van der Waals surface area contributed by atoms with Gasteiger partial charge in [-0.2, -0.15) is 0 Å². The molecule has 1 fully saturated rings. The minimum absolute atomic E-state index is 0.0634. The van der Waals surface area contributed by atoms with Crippen LogP contribution in [0.15, 0.2) is 12.7 Å². The summed E-state index contributed by atoms with van der Waals surface area (Å²) in [5.74, 6) is -0.201. The van der Waals surface area contributed by atoms with Crippen molar-refractivity contribution in [2.75, 3.05) is 19.3 Å². The van der Waals surface area contributed by atoms with Crippen LogP contribution in [-0.2, 0) is 14.8 Å². The van der Waals surface area contributed by atoms with E-state index in [2.05, 4.69) is 11.9 Å². The van der Waals surface area contributed by atoms with E-state index in [1.54, 1.807) is 0 Å². The monoisotopic (exact) mass is 232 g/mol. The van der Waals surface area contributed by atoms with Gasteiger partial charge in [-0.1, -0.05) is 6.58 Å². The van der Waals surface area contributed by atoms with Crippen LogP contribution in [0.1, 0.15) is 12.8 Å². The first-order chi connectivity index (χ1) is 6.93. The maximum Gasteiger partial charge on any atom is 0.243 e. The van der Waals surface area contributed by atoms with Gasteiger partial charge in [-0.25, -0.2) is 12.7 Å². The Morgan fingerprint density at radius 1 is 1.47 bits per heavy atom. The maximum absolute atomic E-state index is 11.2. The third-order valence-electron chi connectivity index (χ3n) is 2.45. The van der Waals surface area contributed by atoms with Crippen molar-refractivity contribution in [1.82, 2.24) is 9.62 Å². The highest BCUT2D eigenvalue weighted by Crippen LogP contribution is 2.12. The van der Waals surface area contributed by atoms with Gasteiger partial charge in [0.25, 0.3) is 0 Å². The first-order valence-corrected chi connectivity index (χ1v) is 6.66. The van der Waals surface area contributed by atoms with Gasteiger partial charge in [0.1, 0.15) is 0 Å². The molecule has 15 heavy (non-hydrogen) atoms. The van der Waals surface area contributed by atoms with E-state index in [0.717, 1.165) is 0 Å². The highest BCUT2D eigenvalue weighted by molar-refractivity contribution is 7.88. The van der Waals surface area contributed by atoms with Crippen LogP contribution >= 0.6 is 0 Å². The fraction of sp³-hybridized carbons (Fsp3) is 0.667. The molecule has 6 heteroatoms. The molecule has 0 unspecified atom stereocenters. The van der Waals surface area contributed by atoms with Crippen molar-refractivity contribution in [3.05, 3.63) is 12.7 Å². The second-order valence-electron chi connectivity index (χ2n) is 3.65. The lowest BCUT2D eigenvalue weighted by atomic mass is 10.1. The smallest absolute Gasteiger partial charge is 0.243 e. The van der Waals surface area contributed by atoms with E-state index in [1.165, 1.54) is 16.6 Å². The number of piperidine rings is 1. The van der Waals surface area contributed by atoms with Gasteiger partial charge >= 0.3 is 0 Å². The van der Waals surface area contributed by atoms with E-state index < -0.39 is 10.0 Å². The second kappa shape index (κ2) is 4.76. The highest BCUT2D eigenvalue weighted by Gasteiger charge is 2.25. The Hall–Kier alpha value is -0.880. The average Bonchev–Trinajstić information content (AvgIpc) is 2.17. The van der Waals surface area contributed by atoms with Crippen LogP contribution < -0.4 is 5.32 Å². The van der Waals surface area contributed by atoms with E-state index >= 15 is 0 Å². The molecule has 0 aliphatic carbocycles. The molecular formula is C9H16N2O3S. The predicted molar refractivity (Wildman–Crippen MR) is 57.8 cm³/mol. The normalized spacial score (nSPS) is 19.8. The number of sulfonamides is 1. The Labute approximate surface area is 90.2 Å². The minimum atomic E-state index is -3.08. The number of amides is 1. The van der Waals surface area contributed by atoms with Crippen LogP contribution in [0, 0.1) is 0 Å². The third-order valence-corrected chi connectivity index (χ3v) is 3.76. The third kappa shape index (κ3) is 3.64. The molecule has 0 aromatic carbocycles. The van der Waals surface area contributed by atoms with Crippen LogP contribution in [0.2, 0.25) is 0 Å². The molecule has 0 spiro atoms. The van der Waals surface area contributed by atoms with Crippen molar-refractivity contribution >= 4 is 15.9 Å². The Bertz CT molecular complexity index is 342. The summed E-state index contributed by atoms with van der Waals surface area (Å²) in [5, 5.41) is 2.76. The molecule has 0 bridgehead atoms. The molecule has 1 amide bonds. The predicted octanol–water partition coefficient (Wildman–Crippen LogP) is -0.287. The van der Waals surface area contributed by atoms with E-state index in [1.807, 2.05) is 0 Å². The number of carbonyl (C=O) groups is 1. The number of carbonyl (C=O) groups excluding carboxylic acids is 1. The van der Waals surface area contributed by atoms with Gasteiger partial charge in [0.05, 0.1) is 6.26 Å². The summed E-state index contributed by atoms with van der Waals surface area (Å²) < 4.78 is 23.8. The second-order valence-corrected chi connectivity index (χ2v) is 5.63. The lowest BCUT2D eigenvalue weighted by molar-refractivity contribution is -0.117. The Kier molecular flexibility index (Phi) is 3.87. The molecule has 86 valence electrons. The summed E-state index contributed by atoms with van der Waals surface area (Å²) in [4.78, 5) is 11.0. The zero-order valence-corrected chi connectivity index (χ0v) is 9.59. The quantitative estimate of drug-likeness (QED) is 0.680. The minimum Gasteiger partial charge on any atom is -0.350 e. The molecule has 1 heterocycles. The van der Waals surface area contributed by atoms with Gasteiger partial charge < -0.3 is 5.32 Å². The van der Waals surface area contributed by atoms with Gasteiger partial charge in [0.2, 0.25) is 15.9 Å². The van der Waals surface area contributed by atoms with Crippen LogP contribution in [0.25, 0.3) is 0 Å². The lowest BCUT2D eigenvalue weighted by Crippen LogP contribution is -2.45. The summed E-state index contributed by atoms with van der Waals surface area (Å²) in [6, 6.07) is 0.0634. The summed E-state index contributed by atoms with van der Waals surface area (Å²) in [6.07, 6.45) is 3.75. The van der Waals surface area contributed by atoms with Crippen LogP contribution in [0.4, 0.5) is 0 Å². The van der Waals surface area contributed by atoms with E-state index in [9.17, 15) is 13.2 Å². The lowest BCUT2D eigenvalue weighted by Gasteiger charge is -2.30. The largest absolute Gasteiger partial charge is 0.350 e. The zero-order valence-electron chi connectivity index (χ0n) is 8.77. The van der Waals surface area contributed by atoms with Gasteiger partial charge in [-0.15, -0.1) is 0 Å². The van der Waals surface area contributed by atoms with E-state index in [4.69, 9.17) is 0 Å². The fourth-order valence-electron chi connectivity index (χ4n) is 1.59. The summed E-state index contributed by atoms with van der Waals surface area (Å²) in [7, 11) is -3.08.